The second-order valence-electron chi connectivity index (χ2n) is 7.23. The third kappa shape index (κ3) is 9.26. The van der Waals surface area contributed by atoms with E-state index in [4.69, 9.17) is 4.74 Å². The number of amides is 1. The van der Waals surface area contributed by atoms with Crippen molar-refractivity contribution in [2.75, 3.05) is 18.6 Å². The largest absolute Gasteiger partial charge is 0.495 e. The summed E-state index contributed by atoms with van der Waals surface area (Å²) in [5.41, 5.74) is 0.880. The van der Waals surface area contributed by atoms with Gasteiger partial charge in [0, 0.05) is 13.5 Å². The standard InChI is InChI=1S/C23H39NO2/c1-4-5-6-7-8-9-10-11-12-13-14-17-20-24(21(2)25)22-18-15-16-19-23(22)26-3/h15-16,18-19H,4-14,17,20H2,1-3H3. The van der Waals surface area contributed by atoms with Crippen molar-refractivity contribution in [1.29, 1.82) is 0 Å². The third-order valence-corrected chi connectivity index (χ3v) is 4.99. The van der Waals surface area contributed by atoms with Gasteiger partial charge in [-0.05, 0) is 18.6 Å². The normalized spacial score (nSPS) is 10.7. The van der Waals surface area contributed by atoms with E-state index >= 15 is 0 Å². The van der Waals surface area contributed by atoms with Crippen LogP contribution in [0.2, 0.25) is 0 Å². The quantitative estimate of drug-likeness (QED) is 0.323. The molecule has 0 spiro atoms. The van der Waals surface area contributed by atoms with Crippen LogP contribution in [0.25, 0.3) is 0 Å². The minimum absolute atomic E-state index is 0.0811. The summed E-state index contributed by atoms with van der Waals surface area (Å²) in [6, 6.07) is 7.76. The van der Waals surface area contributed by atoms with E-state index < -0.39 is 0 Å². The van der Waals surface area contributed by atoms with Crippen molar-refractivity contribution in [3.63, 3.8) is 0 Å². The maximum Gasteiger partial charge on any atom is 0.223 e. The molecule has 1 aromatic carbocycles. The summed E-state index contributed by atoms with van der Waals surface area (Å²) in [7, 11) is 1.65. The zero-order valence-electron chi connectivity index (χ0n) is 17.3. The molecule has 0 fully saturated rings. The fraction of sp³-hybridized carbons (Fsp3) is 0.696. The Hall–Kier alpha value is -1.51. The molecule has 0 aliphatic carbocycles. The highest BCUT2D eigenvalue weighted by Crippen LogP contribution is 2.28. The molecule has 1 aromatic rings. The SMILES string of the molecule is CCCCCCCCCCCCCCN(C(C)=O)c1ccccc1OC. The maximum absolute atomic E-state index is 12.0. The Morgan fingerprint density at radius 2 is 1.35 bits per heavy atom. The molecule has 0 aromatic heterocycles. The van der Waals surface area contributed by atoms with Crippen LogP contribution in [0, 0.1) is 0 Å². The Morgan fingerprint density at radius 3 is 1.85 bits per heavy atom. The number of rotatable bonds is 15. The molecule has 1 rings (SSSR count). The van der Waals surface area contributed by atoms with Crippen LogP contribution in [0.5, 0.6) is 5.75 Å². The molecule has 0 saturated heterocycles. The minimum atomic E-state index is 0.0811. The van der Waals surface area contributed by atoms with E-state index in [0.717, 1.165) is 24.4 Å². The van der Waals surface area contributed by atoms with E-state index in [-0.39, 0.29) is 5.91 Å². The van der Waals surface area contributed by atoms with Gasteiger partial charge in [0.05, 0.1) is 12.8 Å². The van der Waals surface area contributed by atoms with Crippen molar-refractivity contribution >= 4 is 11.6 Å². The monoisotopic (exact) mass is 361 g/mol. The number of anilines is 1. The fourth-order valence-electron chi connectivity index (χ4n) is 3.41. The molecule has 0 unspecified atom stereocenters. The number of carbonyl (C=O) groups excluding carboxylic acids is 1. The Kier molecular flexibility index (Phi) is 12.7. The van der Waals surface area contributed by atoms with Crippen LogP contribution in [-0.2, 0) is 4.79 Å². The van der Waals surface area contributed by atoms with Gasteiger partial charge in [-0.15, -0.1) is 0 Å². The predicted molar refractivity (Wildman–Crippen MR) is 112 cm³/mol. The molecule has 3 nitrogen and oxygen atoms in total. The third-order valence-electron chi connectivity index (χ3n) is 4.99. The van der Waals surface area contributed by atoms with E-state index in [0.29, 0.717) is 0 Å². The Morgan fingerprint density at radius 1 is 0.846 bits per heavy atom. The van der Waals surface area contributed by atoms with E-state index in [9.17, 15) is 4.79 Å². The molecule has 0 atom stereocenters. The van der Waals surface area contributed by atoms with Crippen LogP contribution in [0.4, 0.5) is 5.69 Å². The summed E-state index contributed by atoms with van der Waals surface area (Å²) in [4.78, 5) is 13.9. The van der Waals surface area contributed by atoms with Crippen LogP contribution in [-0.4, -0.2) is 19.6 Å². The number of benzene rings is 1. The molecular formula is C23H39NO2. The van der Waals surface area contributed by atoms with E-state index in [1.165, 1.54) is 70.6 Å². The molecule has 0 saturated carbocycles. The molecule has 1 amide bonds. The second kappa shape index (κ2) is 14.6. The number of unbranched alkanes of at least 4 members (excludes halogenated alkanes) is 11. The average molecular weight is 362 g/mol. The van der Waals surface area contributed by atoms with Crippen LogP contribution >= 0.6 is 0 Å². The number of para-hydroxylation sites is 2. The van der Waals surface area contributed by atoms with Crippen LogP contribution < -0.4 is 9.64 Å². The highest BCUT2D eigenvalue weighted by atomic mass is 16.5. The fourth-order valence-corrected chi connectivity index (χ4v) is 3.41. The van der Waals surface area contributed by atoms with Gasteiger partial charge in [-0.2, -0.15) is 0 Å². The Balaban J connectivity index is 2.14. The van der Waals surface area contributed by atoms with E-state index in [2.05, 4.69) is 6.92 Å². The molecular weight excluding hydrogens is 322 g/mol. The first-order valence-electron chi connectivity index (χ1n) is 10.6. The molecule has 0 N–H and O–H groups in total. The lowest BCUT2D eigenvalue weighted by Gasteiger charge is -2.23. The topological polar surface area (TPSA) is 29.5 Å². The first-order chi connectivity index (χ1) is 12.7. The lowest BCUT2D eigenvalue weighted by molar-refractivity contribution is -0.116. The number of hydrogen-bond donors (Lipinski definition) is 0. The lowest BCUT2D eigenvalue weighted by atomic mass is 10.1. The van der Waals surface area contributed by atoms with Crippen molar-refractivity contribution in [3.05, 3.63) is 24.3 Å². The van der Waals surface area contributed by atoms with Gasteiger partial charge in [0.25, 0.3) is 0 Å². The van der Waals surface area contributed by atoms with Gasteiger partial charge in [-0.3, -0.25) is 4.79 Å². The summed E-state index contributed by atoms with van der Waals surface area (Å²) in [6.45, 7) is 4.67. The van der Waals surface area contributed by atoms with Crippen LogP contribution in [0.3, 0.4) is 0 Å². The summed E-state index contributed by atoms with van der Waals surface area (Å²) in [5, 5.41) is 0. The first-order valence-corrected chi connectivity index (χ1v) is 10.6. The summed E-state index contributed by atoms with van der Waals surface area (Å²) in [5.74, 6) is 0.846. The van der Waals surface area contributed by atoms with Crippen molar-refractivity contribution in [2.45, 2.75) is 90.9 Å². The van der Waals surface area contributed by atoms with E-state index in [1.807, 2.05) is 29.2 Å². The molecule has 0 heterocycles. The van der Waals surface area contributed by atoms with Crippen LogP contribution in [0.15, 0.2) is 24.3 Å². The maximum atomic E-state index is 12.0. The van der Waals surface area contributed by atoms with E-state index in [1.54, 1.807) is 14.0 Å². The molecule has 0 aliphatic rings. The van der Waals surface area contributed by atoms with Gasteiger partial charge in [-0.1, -0.05) is 89.7 Å². The number of nitrogens with zero attached hydrogens (tertiary/aromatic N) is 1. The highest BCUT2D eigenvalue weighted by molar-refractivity contribution is 5.93. The molecule has 3 heteroatoms. The first kappa shape index (κ1) is 22.5. The van der Waals surface area contributed by atoms with Gasteiger partial charge >= 0.3 is 0 Å². The predicted octanol–water partition coefficient (Wildman–Crippen LogP) is 6.75. The van der Waals surface area contributed by atoms with Gasteiger partial charge < -0.3 is 9.64 Å². The Labute approximate surface area is 161 Å². The van der Waals surface area contributed by atoms with Crippen LogP contribution in [0.1, 0.15) is 90.9 Å². The van der Waals surface area contributed by atoms with Crippen molar-refractivity contribution in [1.82, 2.24) is 0 Å². The van der Waals surface area contributed by atoms with Gasteiger partial charge in [0.1, 0.15) is 5.75 Å². The lowest BCUT2D eigenvalue weighted by Crippen LogP contribution is -2.29. The Bertz CT molecular complexity index is 487. The zero-order chi connectivity index (χ0) is 19.0. The van der Waals surface area contributed by atoms with Gasteiger partial charge in [0.15, 0.2) is 0 Å². The molecule has 0 bridgehead atoms. The second-order valence-corrected chi connectivity index (χ2v) is 7.23. The van der Waals surface area contributed by atoms with Crippen molar-refractivity contribution in [2.24, 2.45) is 0 Å². The van der Waals surface area contributed by atoms with Gasteiger partial charge in [-0.25, -0.2) is 0 Å². The summed E-state index contributed by atoms with van der Waals surface area (Å²) in [6.07, 6.45) is 15.9. The molecule has 26 heavy (non-hydrogen) atoms. The smallest absolute Gasteiger partial charge is 0.223 e. The molecule has 0 aliphatic heterocycles. The summed E-state index contributed by atoms with van der Waals surface area (Å²) >= 11 is 0. The number of hydrogen-bond acceptors (Lipinski definition) is 2. The number of carbonyl (C=O) groups is 1. The van der Waals surface area contributed by atoms with Gasteiger partial charge in [0.2, 0.25) is 5.91 Å². The number of ether oxygens (including phenoxy) is 1. The molecule has 0 radical (unpaired) electrons. The molecule has 148 valence electrons. The summed E-state index contributed by atoms with van der Waals surface area (Å²) < 4.78 is 5.40. The van der Waals surface area contributed by atoms with Crippen molar-refractivity contribution < 1.29 is 9.53 Å². The number of methoxy groups -OCH3 is 1. The minimum Gasteiger partial charge on any atom is -0.495 e. The zero-order valence-corrected chi connectivity index (χ0v) is 17.3. The van der Waals surface area contributed by atoms with Crippen molar-refractivity contribution in [3.8, 4) is 5.75 Å². The highest BCUT2D eigenvalue weighted by Gasteiger charge is 2.14. The average Bonchev–Trinajstić information content (AvgIpc) is 2.65.